The van der Waals surface area contributed by atoms with Gasteiger partial charge in [0.2, 0.25) is 0 Å². The number of piperidine rings is 1. The molecule has 0 spiro atoms. The standard InChI is InChI=1S/C11H20NO2/c1-12(6-3-2-4-7-12)8-5-11-9-13-10-14-11/h5H,2-4,6-10H2,1H3/q+1. The summed E-state index contributed by atoms with van der Waals surface area (Å²) in [5.41, 5.74) is 0. The number of rotatable bonds is 2. The Morgan fingerprint density at radius 2 is 2.07 bits per heavy atom. The van der Waals surface area contributed by atoms with Crippen molar-refractivity contribution in [2.24, 2.45) is 0 Å². The molecule has 2 aliphatic heterocycles. The van der Waals surface area contributed by atoms with Crippen LogP contribution in [-0.4, -0.2) is 44.6 Å². The minimum absolute atomic E-state index is 0.440. The van der Waals surface area contributed by atoms with Crippen molar-refractivity contribution in [1.29, 1.82) is 0 Å². The first-order valence-corrected chi connectivity index (χ1v) is 5.52. The Kier molecular flexibility index (Phi) is 3.08. The van der Waals surface area contributed by atoms with E-state index < -0.39 is 0 Å². The van der Waals surface area contributed by atoms with Gasteiger partial charge in [-0.3, -0.25) is 0 Å². The third kappa shape index (κ3) is 2.49. The van der Waals surface area contributed by atoms with Gasteiger partial charge >= 0.3 is 0 Å². The number of quaternary nitrogens is 1. The fraction of sp³-hybridized carbons (Fsp3) is 0.818. The van der Waals surface area contributed by atoms with Gasteiger partial charge in [-0.1, -0.05) is 0 Å². The van der Waals surface area contributed by atoms with E-state index in [1.165, 1.54) is 36.8 Å². The number of nitrogens with zero attached hydrogens (tertiary/aromatic N) is 1. The van der Waals surface area contributed by atoms with Gasteiger partial charge in [-0.15, -0.1) is 0 Å². The Balaban J connectivity index is 1.85. The summed E-state index contributed by atoms with van der Waals surface area (Å²) < 4.78 is 11.6. The van der Waals surface area contributed by atoms with Gasteiger partial charge in [-0.2, -0.15) is 0 Å². The monoisotopic (exact) mass is 198 g/mol. The summed E-state index contributed by atoms with van der Waals surface area (Å²) in [5.74, 6) is 1.02. The van der Waals surface area contributed by atoms with Crippen LogP contribution in [0.1, 0.15) is 19.3 Å². The lowest BCUT2D eigenvalue weighted by Crippen LogP contribution is -2.47. The predicted octanol–water partition coefficient (Wildman–Crippen LogP) is 1.51. The molecule has 2 fully saturated rings. The summed E-state index contributed by atoms with van der Waals surface area (Å²) in [6.45, 7) is 4.82. The summed E-state index contributed by atoms with van der Waals surface area (Å²) in [6, 6.07) is 0. The number of likely N-dealkylation sites (N-methyl/N-ethyl adjacent to an activating group) is 1. The Morgan fingerprint density at radius 3 is 2.71 bits per heavy atom. The SMILES string of the molecule is C[N+]1(CC=C2COCO2)CCCCC1. The molecule has 3 heteroatoms. The van der Waals surface area contributed by atoms with Crippen LogP contribution in [0.4, 0.5) is 0 Å². The Hall–Kier alpha value is -0.540. The molecule has 0 atom stereocenters. The molecular weight excluding hydrogens is 178 g/mol. The Labute approximate surface area is 85.9 Å². The van der Waals surface area contributed by atoms with Crippen molar-refractivity contribution in [3.63, 3.8) is 0 Å². The largest absolute Gasteiger partial charge is 0.470 e. The van der Waals surface area contributed by atoms with E-state index in [9.17, 15) is 0 Å². The van der Waals surface area contributed by atoms with Crippen LogP contribution in [0.5, 0.6) is 0 Å². The number of ether oxygens (including phenoxy) is 2. The minimum Gasteiger partial charge on any atom is -0.470 e. The zero-order valence-corrected chi connectivity index (χ0v) is 9.00. The molecule has 0 aromatic heterocycles. The number of hydrogen-bond acceptors (Lipinski definition) is 2. The van der Waals surface area contributed by atoms with E-state index in [2.05, 4.69) is 13.1 Å². The highest BCUT2D eigenvalue weighted by atomic mass is 16.7. The molecule has 0 aliphatic carbocycles. The first-order chi connectivity index (χ1) is 6.79. The van der Waals surface area contributed by atoms with Crippen molar-refractivity contribution in [2.75, 3.05) is 40.1 Å². The molecule has 0 unspecified atom stereocenters. The lowest BCUT2D eigenvalue weighted by Gasteiger charge is -2.36. The average molecular weight is 198 g/mol. The van der Waals surface area contributed by atoms with Gasteiger partial charge < -0.3 is 14.0 Å². The van der Waals surface area contributed by atoms with Crippen molar-refractivity contribution in [3.05, 3.63) is 11.8 Å². The third-order valence-corrected chi connectivity index (χ3v) is 3.23. The van der Waals surface area contributed by atoms with Gasteiger partial charge in [0.25, 0.3) is 0 Å². The molecule has 80 valence electrons. The van der Waals surface area contributed by atoms with Crippen LogP contribution in [0, 0.1) is 0 Å². The minimum atomic E-state index is 0.440. The van der Waals surface area contributed by atoms with E-state index in [1.54, 1.807) is 0 Å². The molecule has 0 N–H and O–H groups in total. The molecule has 2 saturated heterocycles. The van der Waals surface area contributed by atoms with E-state index in [0.717, 1.165) is 12.3 Å². The molecule has 2 heterocycles. The number of hydrogen-bond donors (Lipinski definition) is 0. The maximum atomic E-state index is 5.32. The van der Waals surface area contributed by atoms with E-state index in [-0.39, 0.29) is 0 Å². The van der Waals surface area contributed by atoms with Crippen molar-refractivity contribution in [1.82, 2.24) is 0 Å². The van der Waals surface area contributed by atoms with Crippen LogP contribution in [0.15, 0.2) is 11.8 Å². The molecule has 2 aliphatic rings. The lowest BCUT2D eigenvalue weighted by molar-refractivity contribution is -0.908. The summed E-state index contributed by atoms with van der Waals surface area (Å²) in [6.07, 6.45) is 6.36. The van der Waals surface area contributed by atoms with Crippen molar-refractivity contribution >= 4 is 0 Å². The van der Waals surface area contributed by atoms with Crippen LogP contribution < -0.4 is 0 Å². The highest BCUT2D eigenvalue weighted by molar-refractivity contribution is 4.95. The molecule has 0 amide bonds. The average Bonchev–Trinajstić information content (AvgIpc) is 2.69. The molecule has 0 radical (unpaired) electrons. The fourth-order valence-electron chi connectivity index (χ4n) is 2.20. The topological polar surface area (TPSA) is 18.5 Å². The lowest BCUT2D eigenvalue weighted by atomic mass is 10.1. The first kappa shape index (κ1) is 9.99. The van der Waals surface area contributed by atoms with Gasteiger partial charge in [-0.25, -0.2) is 0 Å². The van der Waals surface area contributed by atoms with E-state index in [1.807, 2.05) is 0 Å². The molecule has 0 bridgehead atoms. The molecule has 0 aromatic carbocycles. The second-order valence-electron chi connectivity index (χ2n) is 4.59. The van der Waals surface area contributed by atoms with Crippen LogP contribution in [0.2, 0.25) is 0 Å². The van der Waals surface area contributed by atoms with Crippen molar-refractivity contribution in [3.8, 4) is 0 Å². The zero-order valence-electron chi connectivity index (χ0n) is 9.00. The van der Waals surface area contributed by atoms with Crippen molar-refractivity contribution in [2.45, 2.75) is 19.3 Å². The normalized spacial score (nSPS) is 29.1. The zero-order chi connectivity index (χ0) is 9.86. The highest BCUT2D eigenvalue weighted by Crippen LogP contribution is 2.17. The first-order valence-electron chi connectivity index (χ1n) is 5.52. The van der Waals surface area contributed by atoms with Crippen LogP contribution >= 0.6 is 0 Å². The predicted molar refractivity (Wildman–Crippen MR) is 54.6 cm³/mol. The fourth-order valence-corrected chi connectivity index (χ4v) is 2.20. The molecule has 3 nitrogen and oxygen atoms in total. The highest BCUT2D eigenvalue weighted by Gasteiger charge is 2.23. The van der Waals surface area contributed by atoms with Gasteiger partial charge in [0.05, 0.1) is 20.1 Å². The van der Waals surface area contributed by atoms with E-state index in [4.69, 9.17) is 9.47 Å². The van der Waals surface area contributed by atoms with Crippen LogP contribution in [0.25, 0.3) is 0 Å². The smallest absolute Gasteiger partial charge is 0.189 e. The van der Waals surface area contributed by atoms with Gasteiger partial charge in [0, 0.05) is 6.08 Å². The summed E-state index contributed by atoms with van der Waals surface area (Å²) in [4.78, 5) is 0. The molecule has 14 heavy (non-hydrogen) atoms. The molecule has 0 aromatic rings. The van der Waals surface area contributed by atoms with E-state index >= 15 is 0 Å². The quantitative estimate of drug-likeness (QED) is 0.626. The maximum absolute atomic E-state index is 5.32. The summed E-state index contributed by atoms with van der Waals surface area (Å²) in [5, 5.41) is 0. The van der Waals surface area contributed by atoms with Gasteiger partial charge in [-0.05, 0) is 19.3 Å². The Morgan fingerprint density at radius 1 is 1.29 bits per heavy atom. The summed E-state index contributed by atoms with van der Waals surface area (Å²) >= 11 is 0. The van der Waals surface area contributed by atoms with Crippen LogP contribution in [0.3, 0.4) is 0 Å². The van der Waals surface area contributed by atoms with E-state index in [0.29, 0.717) is 13.4 Å². The van der Waals surface area contributed by atoms with Crippen LogP contribution in [-0.2, 0) is 9.47 Å². The second-order valence-corrected chi connectivity index (χ2v) is 4.59. The van der Waals surface area contributed by atoms with Gasteiger partial charge in [0.1, 0.15) is 18.9 Å². The molecule has 2 rings (SSSR count). The third-order valence-electron chi connectivity index (χ3n) is 3.23. The second kappa shape index (κ2) is 4.32. The number of likely N-dealkylation sites (tertiary alicyclic amines) is 1. The Bertz CT molecular complexity index is 211. The van der Waals surface area contributed by atoms with Crippen molar-refractivity contribution < 1.29 is 14.0 Å². The summed E-state index contributed by atoms with van der Waals surface area (Å²) in [7, 11) is 2.34. The molecular formula is C11H20NO2+. The van der Waals surface area contributed by atoms with Gasteiger partial charge in [0.15, 0.2) is 6.79 Å². The maximum Gasteiger partial charge on any atom is 0.189 e. The molecule has 0 saturated carbocycles.